The third-order valence-electron chi connectivity index (χ3n) is 3.97. The van der Waals surface area contributed by atoms with Crippen molar-refractivity contribution in [2.24, 2.45) is 5.16 Å². The van der Waals surface area contributed by atoms with Crippen molar-refractivity contribution in [1.29, 1.82) is 0 Å². The number of carbonyl (C=O) groups is 1. The molecule has 3 rings (SSSR count). The lowest BCUT2D eigenvalue weighted by molar-refractivity contribution is -0.141. The van der Waals surface area contributed by atoms with Crippen LogP contribution in [0.5, 0.6) is 0 Å². The van der Waals surface area contributed by atoms with Gasteiger partial charge >= 0.3 is 0 Å². The summed E-state index contributed by atoms with van der Waals surface area (Å²) in [5.74, 6) is -0.168. The number of oxime groups is 1. The number of benzene rings is 1. The van der Waals surface area contributed by atoms with Crippen molar-refractivity contribution >= 4 is 23.2 Å². The molecule has 0 aliphatic carbocycles. The Bertz CT molecular complexity index is 745. The van der Waals surface area contributed by atoms with E-state index < -0.39 is 5.60 Å². The van der Waals surface area contributed by atoms with Gasteiger partial charge in [0.25, 0.3) is 5.91 Å². The van der Waals surface area contributed by atoms with Gasteiger partial charge < -0.3 is 14.7 Å². The van der Waals surface area contributed by atoms with E-state index in [1.54, 1.807) is 25.5 Å². The van der Waals surface area contributed by atoms with Gasteiger partial charge in [-0.25, -0.2) is 4.98 Å². The van der Waals surface area contributed by atoms with Gasteiger partial charge in [-0.2, -0.15) is 0 Å². The topological polar surface area (TPSA) is 68.5 Å². The third-order valence-corrected chi connectivity index (χ3v) is 4.29. The summed E-state index contributed by atoms with van der Waals surface area (Å²) in [4.78, 5) is 21.8. The first-order chi connectivity index (χ1) is 11.6. The van der Waals surface area contributed by atoms with Crippen molar-refractivity contribution in [1.82, 2.24) is 14.9 Å². The molecular weight excluding hydrogens is 328 g/mol. The van der Waals surface area contributed by atoms with Gasteiger partial charge in [-0.15, -0.1) is 0 Å². The molecule has 0 spiro atoms. The van der Waals surface area contributed by atoms with Crippen LogP contribution in [0.25, 0.3) is 0 Å². The minimum absolute atomic E-state index is 0.168. The highest BCUT2D eigenvalue weighted by Crippen LogP contribution is 2.29. The Morgan fingerprint density at radius 1 is 1.46 bits per heavy atom. The van der Waals surface area contributed by atoms with E-state index in [0.29, 0.717) is 23.7 Å². The Balaban J connectivity index is 1.51. The molecule has 0 saturated heterocycles. The summed E-state index contributed by atoms with van der Waals surface area (Å²) in [6.45, 7) is 3.11. The summed E-state index contributed by atoms with van der Waals surface area (Å²) in [5, 5.41) is 7.58. The van der Waals surface area contributed by atoms with Crippen LogP contribution in [-0.4, -0.2) is 33.3 Å². The van der Waals surface area contributed by atoms with Crippen LogP contribution in [0, 0.1) is 0 Å². The highest BCUT2D eigenvalue weighted by Gasteiger charge is 2.42. The number of hydrogen-bond acceptors (Lipinski definition) is 4. The van der Waals surface area contributed by atoms with E-state index in [9.17, 15) is 4.79 Å². The zero-order valence-corrected chi connectivity index (χ0v) is 14.2. The molecule has 0 saturated carbocycles. The average Bonchev–Trinajstić information content (AvgIpc) is 3.22. The predicted octanol–water partition coefficient (Wildman–Crippen LogP) is 2.63. The van der Waals surface area contributed by atoms with Gasteiger partial charge in [0.1, 0.15) is 0 Å². The summed E-state index contributed by atoms with van der Waals surface area (Å²) in [5.41, 5.74) is 0.497. The molecule has 24 heavy (non-hydrogen) atoms. The Morgan fingerprint density at radius 3 is 3.04 bits per heavy atom. The van der Waals surface area contributed by atoms with Crippen LogP contribution in [0.3, 0.4) is 0 Å². The molecule has 7 heteroatoms. The van der Waals surface area contributed by atoms with Gasteiger partial charge in [0.05, 0.1) is 12.0 Å². The number of imidazole rings is 1. The van der Waals surface area contributed by atoms with Gasteiger partial charge in [0.2, 0.25) is 5.60 Å². The molecule has 2 aromatic rings. The Hall–Kier alpha value is -2.34. The number of nitrogens with one attached hydrogen (secondary N) is 1. The molecule has 1 N–H and O–H groups in total. The van der Waals surface area contributed by atoms with Gasteiger partial charge in [-0.05, 0) is 19.4 Å². The SMILES string of the molecule is C[C@]1(C(=O)NCCCn2ccnc2)CC(c2ccccc2Cl)=NO1. The lowest BCUT2D eigenvalue weighted by Gasteiger charge is -2.20. The summed E-state index contributed by atoms with van der Waals surface area (Å²) in [7, 11) is 0. The normalized spacial score (nSPS) is 19.7. The van der Waals surface area contributed by atoms with Crippen LogP contribution in [0.1, 0.15) is 25.3 Å². The molecular formula is C17H19ClN4O2. The van der Waals surface area contributed by atoms with E-state index in [2.05, 4.69) is 15.5 Å². The highest BCUT2D eigenvalue weighted by molar-refractivity contribution is 6.34. The molecule has 1 aliphatic rings. The number of amides is 1. The van der Waals surface area contributed by atoms with Crippen molar-refractivity contribution in [2.45, 2.75) is 31.9 Å². The number of carbonyl (C=O) groups excluding carboxylic acids is 1. The third kappa shape index (κ3) is 3.59. The van der Waals surface area contributed by atoms with Crippen LogP contribution in [0.4, 0.5) is 0 Å². The predicted molar refractivity (Wildman–Crippen MR) is 91.9 cm³/mol. The van der Waals surface area contributed by atoms with E-state index in [1.165, 1.54) is 0 Å². The summed E-state index contributed by atoms with van der Waals surface area (Å²) in [6, 6.07) is 7.41. The first kappa shape index (κ1) is 16.5. The zero-order chi connectivity index (χ0) is 17.0. The lowest BCUT2D eigenvalue weighted by Crippen LogP contribution is -2.45. The molecule has 0 radical (unpaired) electrons. The largest absolute Gasteiger partial charge is 0.379 e. The van der Waals surface area contributed by atoms with Crippen LogP contribution in [0.2, 0.25) is 5.02 Å². The highest BCUT2D eigenvalue weighted by atomic mass is 35.5. The number of aromatic nitrogens is 2. The second kappa shape index (κ2) is 7.05. The van der Waals surface area contributed by atoms with Crippen molar-refractivity contribution in [2.75, 3.05) is 6.54 Å². The minimum atomic E-state index is -0.997. The molecule has 1 aromatic heterocycles. The van der Waals surface area contributed by atoms with Gasteiger partial charge in [0, 0.05) is 42.5 Å². The van der Waals surface area contributed by atoms with Crippen LogP contribution < -0.4 is 5.32 Å². The number of rotatable bonds is 6. The molecule has 6 nitrogen and oxygen atoms in total. The summed E-state index contributed by atoms with van der Waals surface area (Å²) >= 11 is 6.18. The van der Waals surface area contributed by atoms with Gasteiger partial charge in [-0.1, -0.05) is 35.0 Å². The summed E-state index contributed by atoms with van der Waals surface area (Å²) < 4.78 is 1.97. The second-order valence-corrected chi connectivity index (χ2v) is 6.33. The first-order valence-corrected chi connectivity index (χ1v) is 8.20. The smallest absolute Gasteiger partial charge is 0.267 e. The Morgan fingerprint density at radius 2 is 2.29 bits per heavy atom. The lowest BCUT2D eigenvalue weighted by atomic mass is 9.95. The van der Waals surface area contributed by atoms with Crippen molar-refractivity contribution < 1.29 is 9.63 Å². The summed E-state index contributed by atoms with van der Waals surface area (Å²) in [6.07, 6.45) is 6.60. The second-order valence-electron chi connectivity index (χ2n) is 5.93. The zero-order valence-electron chi connectivity index (χ0n) is 13.4. The molecule has 1 aliphatic heterocycles. The number of nitrogens with zero attached hydrogens (tertiary/aromatic N) is 3. The maximum absolute atomic E-state index is 12.4. The first-order valence-electron chi connectivity index (χ1n) is 7.82. The van der Waals surface area contributed by atoms with Crippen molar-refractivity contribution in [3.63, 3.8) is 0 Å². The van der Waals surface area contributed by atoms with Gasteiger partial charge in [-0.3, -0.25) is 4.79 Å². The van der Waals surface area contributed by atoms with E-state index in [1.807, 2.05) is 29.0 Å². The minimum Gasteiger partial charge on any atom is -0.379 e. The molecule has 0 bridgehead atoms. The average molecular weight is 347 g/mol. The molecule has 1 atom stereocenters. The van der Waals surface area contributed by atoms with Crippen LogP contribution in [0.15, 0.2) is 48.1 Å². The van der Waals surface area contributed by atoms with Crippen molar-refractivity contribution in [3.05, 3.63) is 53.6 Å². The maximum Gasteiger partial charge on any atom is 0.267 e. The molecule has 2 heterocycles. The fourth-order valence-electron chi connectivity index (χ4n) is 2.57. The van der Waals surface area contributed by atoms with Crippen LogP contribution in [-0.2, 0) is 16.2 Å². The number of halogens is 1. The van der Waals surface area contributed by atoms with Crippen LogP contribution >= 0.6 is 11.6 Å². The monoisotopic (exact) mass is 346 g/mol. The molecule has 1 amide bonds. The standard InChI is InChI=1S/C17H19ClN4O2/c1-17(16(23)20-7-4-9-22-10-8-19-12-22)11-15(21-24-17)13-5-2-3-6-14(13)18/h2-3,5-6,8,10,12H,4,7,9,11H2,1H3,(H,20,23)/t17-/m1/s1. The number of hydrogen-bond donors (Lipinski definition) is 1. The maximum atomic E-state index is 12.4. The molecule has 1 aromatic carbocycles. The fraction of sp³-hybridized carbons (Fsp3) is 0.353. The van der Waals surface area contributed by atoms with E-state index >= 15 is 0 Å². The number of aryl methyl sites for hydroxylation is 1. The Labute approximate surface area is 145 Å². The quantitative estimate of drug-likeness (QED) is 0.817. The fourth-order valence-corrected chi connectivity index (χ4v) is 2.82. The van der Waals surface area contributed by atoms with Crippen molar-refractivity contribution in [3.8, 4) is 0 Å². The van der Waals surface area contributed by atoms with Gasteiger partial charge in [0.15, 0.2) is 0 Å². The van der Waals surface area contributed by atoms with E-state index in [4.69, 9.17) is 16.4 Å². The molecule has 0 fully saturated rings. The molecule has 0 unspecified atom stereocenters. The van der Waals surface area contributed by atoms with E-state index in [-0.39, 0.29) is 5.91 Å². The molecule has 126 valence electrons. The Kier molecular flexibility index (Phi) is 4.85. The van der Waals surface area contributed by atoms with E-state index in [0.717, 1.165) is 18.5 Å².